The highest BCUT2D eigenvalue weighted by Gasteiger charge is 2.38. The summed E-state index contributed by atoms with van der Waals surface area (Å²) in [4.78, 5) is 35.4. The number of carbonyl (C=O) groups is 2. The fourth-order valence-electron chi connectivity index (χ4n) is 4.93. The van der Waals surface area contributed by atoms with Crippen LogP contribution < -0.4 is 20.1 Å². The zero-order chi connectivity index (χ0) is 29.9. The Morgan fingerprint density at radius 3 is 2.19 bits per heavy atom. The lowest BCUT2D eigenvalue weighted by atomic mass is 9.80. The number of nitro benzene ring substituents is 1. The van der Waals surface area contributed by atoms with E-state index in [4.69, 9.17) is 9.47 Å². The summed E-state index contributed by atoms with van der Waals surface area (Å²) in [6.07, 6.45) is 3.23. The van der Waals surface area contributed by atoms with Gasteiger partial charge in [-0.1, -0.05) is 25.1 Å². The third-order valence-electron chi connectivity index (χ3n) is 6.95. The summed E-state index contributed by atoms with van der Waals surface area (Å²) in [7, 11) is 0. The SMILES string of the molecule is Br.CCC(CCCOc1ccc([N+](=O)[O-])cc1C1C(C(=O)O)=C(C)NC(C)=C1C(=O)O)NCCCOc1ccccc1. The maximum Gasteiger partial charge on any atom is 0.334 e. The van der Waals surface area contributed by atoms with Gasteiger partial charge < -0.3 is 30.3 Å². The van der Waals surface area contributed by atoms with Gasteiger partial charge in [0, 0.05) is 35.1 Å². The first-order chi connectivity index (χ1) is 19.6. The standard InChI is InChI=1S/C30H37N3O8.BrH/c1-4-21(31-15-9-17-40-23-11-6-5-7-12-23)10-8-16-41-25-14-13-22(33(38)39)18-24(25)28-26(29(34)35)19(2)32-20(3)27(28)30(36)37;/h5-7,11-14,18,21,28,31-32H,4,8-10,15-17H2,1-3H3,(H,34,35)(H,36,37);1H. The molecule has 2 aromatic carbocycles. The highest BCUT2D eigenvalue weighted by atomic mass is 79.9. The number of nitro groups is 1. The van der Waals surface area contributed by atoms with Crippen LogP contribution in [0.15, 0.2) is 71.1 Å². The molecular formula is C30H38BrN3O8. The van der Waals surface area contributed by atoms with Gasteiger partial charge in [-0.25, -0.2) is 9.59 Å². The molecule has 0 radical (unpaired) electrons. The number of allylic oxidation sites excluding steroid dienone is 2. The van der Waals surface area contributed by atoms with Crippen molar-refractivity contribution in [1.82, 2.24) is 10.6 Å². The highest BCUT2D eigenvalue weighted by Crippen LogP contribution is 2.43. The number of nitrogens with one attached hydrogen (secondary N) is 2. The molecule has 0 aliphatic carbocycles. The molecule has 4 N–H and O–H groups in total. The van der Waals surface area contributed by atoms with Gasteiger partial charge >= 0.3 is 11.9 Å². The summed E-state index contributed by atoms with van der Waals surface area (Å²) in [6, 6.07) is 13.8. The molecular weight excluding hydrogens is 610 g/mol. The quantitative estimate of drug-likeness (QED) is 0.103. The van der Waals surface area contributed by atoms with Crippen LogP contribution in [-0.4, -0.2) is 52.9 Å². The molecule has 1 atom stereocenters. The molecule has 3 rings (SSSR count). The van der Waals surface area contributed by atoms with Crippen molar-refractivity contribution in [2.75, 3.05) is 19.8 Å². The summed E-state index contributed by atoms with van der Waals surface area (Å²) >= 11 is 0. The first kappa shape index (κ1) is 34.3. The summed E-state index contributed by atoms with van der Waals surface area (Å²) < 4.78 is 11.7. The van der Waals surface area contributed by atoms with E-state index >= 15 is 0 Å². The predicted octanol–water partition coefficient (Wildman–Crippen LogP) is 5.57. The Labute approximate surface area is 255 Å². The van der Waals surface area contributed by atoms with Gasteiger partial charge in [0.15, 0.2) is 0 Å². The molecule has 1 unspecified atom stereocenters. The average Bonchev–Trinajstić information content (AvgIpc) is 2.93. The molecule has 0 spiro atoms. The molecule has 11 nitrogen and oxygen atoms in total. The van der Waals surface area contributed by atoms with E-state index in [-0.39, 0.29) is 69.2 Å². The molecule has 1 aliphatic rings. The van der Waals surface area contributed by atoms with Gasteiger partial charge in [-0.15, -0.1) is 17.0 Å². The van der Waals surface area contributed by atoms with Crippen molar-refractivity contribution >= 4 is 34.6 Å². The Balaban J connectivity index is 0.00000616. The number of dihydropyridines is 1. The van der Waals surface area contributed by atoms with Crippen molar-refractivity contribution in [2.24, 2.45) is 0 Å². The maximum absolute atomic E-state index is 12.2. The van der Waals surface area contributed by atoms with Crippen LogP contribution in [0.3, 0.4) is 0 Å². The second-order valence-corrected chi connectivity index (χ2v) is 9.79. The molecule has 1 aliphatic heterocycles. The van der Waals surface area contributed by atoms with E-state index in [1.165, 1.54) is 32.0 Å². The number of carboxylic acids is 2. The first-order valence-corrected chi connectivity index (χ1v) is 13.6. The third-order valence-corrected chi connectivity index (χ3v) is 6.95. The zero-order valence-electron chi connectivity index (χ0n) is 23.9. The fourth-order valence-corrected chi connectivity index (χ4v) is 4.93. The van der Waals surface area contributed by atoms with Gasteiger partial charge in [0.25, 0.3) is 5.69 Å². The van der Waals surface area contributed by atoms with Crippen molar-refractivity contribution < 1.29 is 34.2 Å². The van der Waals surface area contributed by atoms with Crippen LogP contribution in [0.25, 0.3) is 0 Å². The number of ether oxygens (including phenoxy) is 2. The normalized spacial score (nSPS) is 14.1. The number of aliphatic carboxylic acids is 2. The van der Waals surface area contributed by atoms with Gasteiger partial charge in [-0.2, -0.15) is 0 Å². The van der Waals surface area contributed by atoms with Crippen molar-refractivity contribution in [3.8, 4) is 11.5 Å². The number of hydrogen-bond donors (Lipinski definition) is 4. The van der Waals surface area contributed by atoms with Crippen molar-refractivity contribution in [2.45, 2.75) is 58.4 Å². The Hall–Kier alpha value is -3.90. The molecule has 2 aromatic rings. The molecule has 0 saturated heterocycles. The van der Waals surface area contributed by atoms with Crippen LogP contribution in [0.2, 0.25) is 0 Å². The average molecular weight is 649 g/mol. The van der Waals surface area contributed by atoms with Crippen LogP contribution in [0, 0.1) is 10.1 Å². The van der Waals surface area contributed by atoms with Crippen LogP contribution >= 0.6 is 17.0 Å². The number of hydrogen-bond acceptors (Lipinski definition) is 8. The molecule has 0 aromatic heterocycles. The van der Waals surface area contributed by atoms with E-state index in [1.807, 2.05) is 30.3 Å². The molecule has 0 amide bonds. The van der Waals surface area contributed by atoms with E-state index in [1.54, 1.807) is 0 Å². The molecule has 228 valence electrons. The molecule has 1 heterocycles. The number of carboxylic acid groups (broad SMARTS) is 2. The summed E-state index contributed by atoms with van der Waals surface area (Å²) in [5, 5.41) is 37.8. The summed E-state index contributed by atoms with van der Waals surface area (Å²) in [5.41, 5.74) is -0.0587. The molecule has 12 heteroatoms. The van der Waals surface area contributed by atoms with Gasteiger partial charge in [-0.05, 0) is 64.3 Å². The van der Waals surface area contributed by atoms with Crippen LogP contribution in [0.4, 0.5) is 5.69 Å². The number of halogens is 1. The largest absolute Gasteiger partial charge is 0.494 e. The van der Waals surface area contributed by atoms with E-state index in [2.05, 4.69) is 17.6 Å². The lowest BCUT2D eigenvalue weighted by Crippen LogP contribution is -2.31. The zero-order valence-corrected chi connectivity index (χ0v) is 25.6. The number of nitrogens with zero attached hydrogens (tertiary/aromatic N) is 1. The lowest BCUT2D eigenvalue weighted by molar-refractivity contribution is -0.384. The molecule has 0 saturated carbocycles. The van der Waals surface area contributed by atoms with Crippen LogP contribution in [0.5, 0.6) is 11.5 Å². The molecule has 0 fully saturated rings. The predicted molar refractivity (Wildman–Crippen MR) is 163 cm³/mol. The van der Waals surface area contributed by atoms with Gasteiger partial charge in [0.1, 0.15) is 11.5 Å². The van der Waals surface area contributed by atoms with Gasteiger partial charge in [-0.3, -0.25) is 10.1 Å². The Kier molecular flexibility index (Phi) is 13.5. The Morgan fingerprint density at radius 1 is 1.00 bits per heavy atom. The smallest absolute Gasteiger partial charge is 0.334 e. The second-order valence-electron chi connectivity index (χ2n) is 9.79. The van der Waals surface area contributed by atoms with Gasteiger partial charge in [0.05, 0.1) is 35.2 Å². The number of rotatable bonds is 16. The molecule has 0 bridgehead atoms. The highest BCUT2D eigenvalue weighted by molar-refractivity contribution is 8.93. The minimum atomic E-state index is -1.32. The minimum absolute atomic E-state index is 0. The second kappa shape index (κ2) is 16.5. The summed E-state index contributed by atoms with van der Waals surface area (Å²) in [5.74, 6) is -2.86. The van der Waals surface area contributed by atoms with Crippen LogP contribution in [0.1, 0.15) is 57.9 Å². The van der Waals surface area contributed by atoms with Crippen LogP contribution in [-0.2, 0) is 9.59 Å². The van der Waals surface area contributed by atoms with E-state index in [0.717, 1.165) is 31.6 Å². The van der Waals surface area contributed by atoms with E-state index in [0.29, 0.717) is 13.0 Å². The minimum Gasteiger partial charge on any atom is -0.494 e. The molecule has 42 heavy (non-hydrogen) atoms. The monoisotopic (exact) mass is 647 g/mol. The Morgan fingerprint density at radius 2 is 1.62 bits per heavy atom. The lowest BCUT2D eigenvalue weighted by Gasteiger charge is -2.29. The summed E-state index contributed by atoms with van der Waals surface area (Å²) in [6.45, 7) is 6.82. The number of benzene rings is 2. The van der Waals surface area contributed by atoms with Crippen molar-refractivity contribution in [3.63, 3.8) is 0 Å². The number of para-hydroxylation sites is 1. The number of non-ortho nitro benzene ring substituents is 1. The van der Waals surface area contributed by atoms with Crippen molar-refractivity contribution in [1.29, 1.82) is 0 Å². The van der Waals surface area contributed by atoms with E-state index < -0.39 is 22.8 Å². The van der Waals surface area contributed by atoms with Crippen molar-refractivity contribution in [3.05, 3.63) is 86.7 Å². The van der Waals surface area contributed by atoms with E-state index in [9.17, 15) is 29.9 Å². The fraction of sp³-hybridized carbons (Fsp3) is 0.400. The van der Waals surface area contributed by atoms with Gasteiger partial charge in [0.2, 0.25) is 0 Å². The topological polar surface area (TPSA) is 160 Å². The first-order valence-electron chi connectivity index (χ1n) is 13.6. The maximum atomic E-state index is 12.2. The Bertz CT molecular complexity index is 1280. The third kappa shape index (κ3) is 9.05.